The molecule has 7 rings (SSSR count). The molecule has 0 spiro atoms. The molecule has 3 unspecified atom stereocenters. The van der Waals surface area contributed by atoms with Crippen molar-refractivity contribution in [3.8, 4) is 0 Å². The van der Waals surface area contributed by atoms with Crippen LogP contribution >= 0.6 is 15.4 Å². The largest absolute Gasteiger partial charge is 0.472 e. The Morgan fingerprint density at radius 3 is 2.00 bits per heavy atom. The average molecular weight is 703 g/mol. The van der Waals surface area contributed by atoms with Crippen LogP contribution in [0, 0.1) is 0 Å². The Bertz CT molecular complexity index is 2070. The van der Waals surface area contributed by atoms with Gasteiger partial charge < -0.3 is 50.8 Å². The zero-order chi connectivity index (χ0) is 33.4. The van der Waals surface area contributed by atoms with Gasteiger partial charge in [0.05, 0.1) is 31.9 Å². The van der Waals surface area contributed by atoms with Gasteiger partial charge in [0.1, 0.15) is 36.9 Å². The maximum atomic E-state index is 13.2. The number of H-pyrrole nitrogens is 2. The summed E-state index contributed by atoms with van der Waals surface area (Å²) < 4.78 is 61.9. The van der Waals surface area contributed by atoms with Crippen LogP contribution in [0.15, 0.2) is 22.2 Å². The maximum absolute atomic E-state index is 13.2. The first-order chi connectivity index (χ1) is 22.2. The zero-order valence-electron chi connectivity index (χ0n) is 23.6. The van der Waals surface area contributed by atoms with Crippen molar-refractivity contribution in [2.45, 2.75) is 49.0 Å². The van der Waals surface area contributed by atoms with Crippen molar-refractivity contribution in [1.29, 1.82) is 0 Å². The zero-order valence-corrected chi connectivity index (χ0v) is 25.4. The lowest BCUT2D eigenvalue weighted by molar-refractivity contribution is -0.0584. The predicted octanol–water partition coefficient (Wildman–Crippen LogP) is -3.04. The third-order valence-electron chi connectivity index (χ3n) is 7.68. The van der Waals surface area contributed by atoms with E-state index in [1.165, 1.54) is 15.5 Å². The van der Waals surface area contributed by atoms with Gasteiger partial charge in [0.2, 0.25) is 11.9 Å². The van der Waals surface area contributed by atoms with Crippen LogP contribution in [0.3, 0.4) is 0 Å². The minimum absolute atomic E-state index is 0.0308. The van der Waals surface area contributed by atoms with Crippen molar-refractivity contribution in [2.75, 3.05) is 31.0 Å². The number of fused-ring (bicyclic) bond motifs is 4. The molecule has 3 aliphatic heterocycles. The summed E-state index contributed by atoms with van der Waals surface area (Å²) in [5, 5.41) is 11.2. The second-order valence-electron chi connectivity index (χ2n) is 10.8. The van der Waals surface area contributed by atoms with E-state index in [2.05, 4.69) is 29.9 Å². The van der Waals surface area contributed by atoms with Gasteiger partial charge in [-0.05, 0) is 0 Å². The first-order valence-electron chi connectivity index (χ1n) is 13.6. The Kier molecular flexibility index (Phi) is 7.82. The lowest BCUT2D eigenvalue weighted by Gasteiger charge is -2.24. The molecule has 3 fully saturated rings. The highest BCUT2D eigenvalue weighted by molar-refractivity contribution is 7.52. The molecular weight excluding hydrogens is 676 g/mol. The Labute approximate surface area is 259 Å². The number of ether oxygens (including phenoxy) is 3. The summed E-state index contributed by atoms with van der Waals surface area (Å²) in [5.74, 6) is -0.483. The molecule has 7 heterocycles. The van der Waals surface area contributed by atoms with Crippen LogP contribution in [0.25, 0.3) is 22.3 Å². The summed E-state index contributed by atoms with van der Waals surface area (Å²) in [6.07, 6.45) is -8.54. The second kappa shape index (κ2) is 11.5. The van der Waals surface area contributed by atoms with Gasteiger partial charge in [0, 0.05) is 0 Å². The summed E-state index contributed by atoms with van der Waals surface area (Å²) >= 11 is 0. The van der Waals surface area contributed by atoms with Crippen molar-refractivity contribution < 1.29 is 51.8 Å². The van der Waals surface area contributed by atoms with E-state index in [0.29, 0.717) is 0 Å². The molecule has 3 saturated heterocycles. The molecule has 0 aliphatic carbocycles. The van der Waals surface area contributed by atoms with E-state index < -0.39 is 95.1 Å². The Hall–Kier alpha value is -3.64. The van der Waals surface area contributed by atoms with Crippen LogP contribution in [-0.2, 0) is 36.9 Å². The molecule has 11 N–H and O–H groups in total. The quantitative estimate of drug-likeness (QED) is 0.0962. The number of imidazole rings is 2. The fraction of sp³-hybridized carbons (Fsp3) is 0.524. The van der Waals surface area contributed by atoms with Crippen LogP contribution < -0.4 is 28.3 Å². The third-order valence-corrected chi connectivity index (χ3v) is 9.69. The number of hydrogen-bond donors (Lipinski definition) is 8. The molecule has 26 heteroatoms. The molecule has 3 aliphatic rings. The van der Waals surface area contributed by atoms with Gasteiger partial charge >= 0.3 is 15.4 Å². The molecule has 0 radical (unpaired) electrons. The van der Waals surface area contributed by atoms with E-state index in [9.17, 15) is 33.6 Å². The number of phosphoric acid groups is 1. The van der Waals surface area contributed by atoms with Crippen molar-refractivity contribution in [2.24, 2.45) is 5.73 Å². The number of aliphatic hydroxyl groups is 1. The summed E-state index contributed by atoms with van der Waals surface area (Å²) in [6.45, 7) is -1.45. The van der Waals surface area contributed by atoms with Crippen molar-refractivity contribution in [3.05, 3.63) is 33.4 Å². The molecule has 0 bridgehead atoms. The lowest BCUT2D eigenvalue weighted by Crippen LogP contribution is -2.41. The molecule has 0 amide bonds. The van der Waals surface area contributed by atoms with Gasteiger partial charge in [-0.3, -0.25) is 42.3 Å². The first-order valence-corrected chi connectivity index (χ1v) is 16.9. The highest BCUT2D eigenvalue weighted by Gasteiger charge is 2.52. The second-order valence-corrected chi connectivity index (χ2v) is 14.0. The smallest absolute Gasteiger partial charge is 0.386 e. The van der Waals surface area contributed by atoms with Gasteiger partial charge in [0.25, 0.3) is 11.1 Å². The van der Waals surface area contributed by atoms with E-state index in [-0.39, 0.29) is 34.2 Å². The number of phosphoric ester groups is 1. The number of aliphatic hydroxyl groups excluding tert-OH is 1. The molecule has 4 aromatic rings. The number of aromatic nitrogens is 8. The average Bonchev–Trinajstić information content (AvgIpc) is 3.74. The van der Waals surface area contributed by atoms with Crippen LogP contribution in [0.1, 0.15) is 12.5 Å². The number of nitrogens with one attached hydrogen (secondary N) is 2. The van der Waals surface area contributed by atoms with Crippen LogP contribution in [0.4, 0.5) is 11.9 Å². The molecule has 47 heavy (non-hydrogen) atoms. The molecule has 10 atom stereocenters. The topological polar surface area (TPSA) is 355 Å². The van der Waals surface area contributed by atoms with Crippen molar-refractivity contribution in [1.82, 2.24) is 39.0 Å². The number of rotatable bonds is 2. The summed E-state index contributed by atoms with van der Waals surface area (Å²) in [4.78, 5) is 66.4. The highest BCUT2D eigenvalue weighted by atomic mass is 31.2. The minimum Gasteiger partial charge on any atom is -0.386 e. The molecule has 254 valence electrons. The van der Waals surface area contributed by atoms with Crippen LogP contribution in [0.5, 0.6) is 0 Å². The highest BCUT2D eigenvalue weighted by Crippen LogP contribution is 2.51. The normalized spacial score (nSPS) is 36.9. The lowest BCUT2D eigenvalue weighted by atomic mass is 10.1. The van der Waals surface area contributed by atoms with Gasteiger partial charge in [-0.15, -0.1) is 0 Å². The van der Waals surface area contributed by atoms with Crippen molar-refractivity contribution >= 4 is 49.6 Å². The molecular formula is C21H27N11O13P2. The predicted molar refractivity (Wildman–Crippen MR) is 153 cm³/mol. The van der Waals surface area contributed by atoms with Crippen LogP contribution in [-0.4, -0.2) is 110 Å². The number of anilines is 2. The van der Waals surface area contributed by atoms with E-state index >= 15 is 0 Å². The van der Waals surface area contributed by atoms with E-state index in [0.717, 1.165) is 6.33 Å². The fourth-order valence-corrected chi connectivity index (χ4v) is 7.38. The maximum Gasteiger partial charge on any atom is 0.472 e. The number of nitrogens with zero attached hydrogens (tertiary/aromatic N) is 6. The number of hydrogen-bond acceptors (Lipinski definition) is 18. The number of aromatic amines is 2. The van der Waals surface area contributed by atoms with E-state index in [1.54, 1.807) is 0 Å². The number of nitrogen functional groups attached to an aromatic ring is 2. The van der Waals surface area contributed by atoms with E-state index in [1.807, 2.05) is 0 Å². The minimum atomic E-state index is -5.03. The monoisotopic (exact) mass is 703 g/mol. The summed E-state index contributed by atoms with van der Waals surface area (Å²) in [5.41, 5.74) is 16.1. The molecule has 0 saturated carbocycles. The SMILES string of the molecule is Nc1nc2c(ncn2[C@@H]2O[C@@H]3COP(=O)(O)CO[C@@H]4C(COP(=O)(O)O[C@H]3[C@H]2N)O[C@@H](n2cnc3c(=O)[nH]c(N)nc32)[C@@H]4O)c(=O)[nH]1. The van der Waals surface area contributed by atoms with Gasteiger partial charge in [-0.1, -0.05) is 0 Å². The first kappa shape index (κ1) is 31.9. The van der Waals surface area contributed by atoms with Crippen LogP contribution in [0.2, 0.25) is 0 Å². The Morgan fingerprint density at radius 1 is 0.851 bits per heavy atom. The molecule has 0 aromatic carbocycles. The number of nitrogens with two attached hydrogens (primary N) is 3. The third kappa shape index (κ3) is 5.77. The molecule has 4 aromatic heterocycles. The van der Waals surface area contributed by atoms with Crippen molar-refractivity contribution in [3.63, 3.8) is 0 Å². The Morgan fingerprint density at radius 2 is 1.38 bits per heavy atom. The van der Waals surface area contributed by atoms with Gasteiger partial charge in [-0.2, -0.15) is 9.97 Å². The summed E-state index contributed by atoms with van der Waals surface area (Å²) in [6, 6.07) is -1.29. The van der Waals surface area contributed by atoms with Gasteiger partial charge in [-0.25, -0.2) is 14.5 Å². The molecule has 24 nitrogen and oxygen atoms in total. The Balaban J connectivity index is 1.17. The van der Waals surface area contributed by atoms with Gasteiger partial charge in [0.15, 0.2) is 34.8 Å². The fourth-order valence-electron chi connectivity index (χ4n) is 5.59. The standard InChI is InChI=1S/C21H27N11O13P2/c22-8-12-6(43-18(8)31-3-25-9-14(31)27-20(23)29-16(9)34)1-41-46(36,37)5-40-13-7(2-42-47(38,39)45-12)44-19(11(13)33)32-4-26-10-15(32)28-21(24)30-17(10)35/h3-4,6-8,11-13,18-19,33H,1-2,5,22H2,(H,36,37)(H,38,39)(H3,23,27,29,34)(H3,24,28,30,35)/t6-,7?,8-,11-,12-,13-,18-,19-/m1/s1. The van der Waals surface area contributed by atoms with E-state index in [4.69, 9.17) is 45.0 Å². The summed E-state index contributed by atoms with van der Waals surface area (Å²) in [7, 11) is -9.65.